The minimum Gasteiger partial charge on any atom is -0.295 e. The standard InChI is InChI=1S/C19H24O/c1-18-9-3-4-16(18)15-6-5-13-12-14(20)7-11-19(13,2)17(15)8-10-18/h3-4,9,12,15,17H,5-8,10-11H2,1-2H3. The first-order chi connectivity index (χ1) is 9.53. The molecule has 0 aromatic heterocycles. The van der Waals surface area contributed by atoms with Crippen LogP contribution in [0.15, 0.2) is 35.5 Å². The minimum absolute atomic E-state index is 0.293. The summed E-state index contributed by atoms with van der Waals surface area (Å²) in [5.41, 5.74) is 3.78. The molecule has 0 radical (unpaired) electrons. The largest absolute Gasteiger partial charge is 0.295 e. The van der Waals surface area contributed by atoms with E-state index in [1.54, 1.807) is 5.57 Å². The second kappa shape index (κ2) is 3.96. The van der Waals surface area contributed by atoms with E-state index in [-0.39, 0.29) is 0 Å². The topological polar surface area (TPSA) is 17.1 Å². The van der Waals surface area contributed by atoms with Crippen molar-refractivity contribution in [2.45, 2.75) is 52.4 Å². The van der Waals surface area contributed by atoms with Gasteiger partial charge in [0.2, 0.25) is 0 Å². The van der Waals surface area contributed by atoms with E-state index in [0.717, 1.165) is 31.1 Å². The highest BCUT2D eigenvalue weighted by Crippen LogP contribution is 2.62. The lowest BCUT2D eigenvalue weighted by molar-refractivity contribution is -0.116. The first kappa shape index (κ1) is 12.6. The van der Waals surface area contributed by atoms with Crippen LogP contribution in [0.3, 0.4) is 0 Å². The molecule has 20 heavy (non-hydrogen) atoms. The third-order valence-corrected chi connectivity index (χ3v) is 6.76. The molecule has 4 atom stereocenters. The van der Waals surface area contributed by atoms with Crippen LogP contribution in [0.2, 0.25) is 0 Å². The van der Waals surface area contributed by atoms with E-state index < -0.39 is 0 Å². The van der Waals surface area contributed by atoms with Crippen molar-refractivity contribution in [3.8, 4) is 0 Å². The van der Waals surface area contributed by atoms with Crippen LogP contribution in [0, 0.1) is 22.7 Å². The Morgan fingerprint density at radius 3 is 2.85 bits per heavy atom. The van der Waals surface area contributed by atoms with E-state index in [1.165, 1.54) is 24.8 Å². The second-order valence-electron chi connectivity index (χ2n) is 7.74. The fourth-order valence-electron chi connectivity index (χ4n) is 5.49. The molecule has 0 aromatic rings. The number of carbonyl (C=O) groups is 1. The summed E-state index contributed by atoms with van der Waals surface area (Å²) >= 11 is 0. The zero-order valence-electron chi connectivity index (χ0n) is 12.6. The van der Waals surface area contributed by atoms with Crippen molar-refractivity contribution < 1.29 is 4.79 Å². The quantitative estimate of drug-likeness (QED) is 0.627. The van der Waals surface area contributed by atoms with Crippen LogP contribution in [0.4, 0.5) is 0 Å². The van der Waals surface area contributed by atoms with Gasteiger partial charge in [0.15, 0.2) is 5.78 Å². The van der Waals surface area contributed by atoms with Gasteiger partial charge in [-0.05, 0) is 55.4 Å². The fraction of sp³-hybridized carbons (Fsp3) is 0.632. The average molecular weight is 268 g/mol. The molecule has 0 aromatic carbocycles. The van der Waals surface area contributed by atoms with E-state index in [1.807, 2.05) is 6.08 Å². The molecule has 0 heterocycles. The van der Waals surface area contributed by atoms with Crippen LogP contribution in [-0.2, 0) is 4.79 Å². The van der Waals surface area contributed by atoms with Crippen LogP contribution in [0.5, 0.6) is 0 Å². The van der Waals surface area contributed by atoms with Crippen molar-refractivity contribution >= 4 is 5.78 Å². The van der Waals surface area contributed by atoms with E-state index in [0.29, 0.717) is 16.6 Å². The molecule has 2 saturated carbocycles. The minimum atomic E-state index is 0.293. The molecular formula is C19H24O. The van der Waals surface area contributed by atoms with Crippen LogP contribution in [0.1, 0.15) is 52.4 Å². The van der Waals surface area contributed by atoms with Crippen LogP contribution < -0.4 is 0 Å². The van der Waals surface area contributed by atoms with Crippen molar-refractivity contribution in [1.82, 2.24) is 0 Å². The molecule has 4 unspecified atom stereocenters. The molecule has 4 rings (SSSR count). The predicted molar refractivity (Wildman–Crippen MR) is 81.2 cm³/mol. The molecule has 4 aliphatic carbocycles. The Morgan fingerprint density at radius 1 is 1.15 bits per heavy atom. The van der Waals surface area contributed by atoms with E-state index in [9.17, 15) is 4.79 Å². The summed E-state index contributed by atoms with van der Waals surface area (Å²) in [7, 11) is 0. The summed E-state index contributed by atoms with van der Waals surface area (Å²) < 4.78 is 0. The number of carbonyl (C=O) groups excluding carboxylic acids is 1. The van der Waals surface area contributed by atoms with Crippen molar-refractivity contribution in [2.24, 2.45) is 22.7 Å². The first-order valence-corrected chi connectivity index (χ1v) is 8.17. The lowest BCUT2D eigenvalue weighted by Crippen LogP contribution is -2.46. The molecule has 0 N–H and O–H groups in total. The van der Waals surface area contributed by atoms with Gasteiger partial charge in [0, 0.05) is 11.8 Å². The van der Waals surface area contributed by atoms with Gasteiger partial charge in [0.1, 0.15) is 0 Å². The molecule has 1 nitrogen and oxygen atoms in total. The van der Waals surface area contributed by atoms with Crippen molar-refractivity contribution in [2.75, 3.05) is 0 Å². The number of fused-ring (bicyclic) bond motifs is 5. The summed E-state index contributed by atoms with van der Waals surface area (Å²) in [6, 6.07) is 0. The van der Waals surface area contributed by atoms with Gasteiger partial charge < -0.3 is 0 Å². The molecule has 106 valence electrons. The molecule has 0 amide bonds. The SMILES string of the molecule is CC12C=CC=C1C1CCC3=CC(=O)CCC3(C)C1CC2. The van der Waals surface area contributed by atoms with Gasteiger partial charge in [0.25, 0.3) is 0 Å². The smallest absolute Gasteiger partial charge is 0.155 e. The fourth-order valence-corrected chi connectivity index (χ4v) is 5.49. The van der Waals surface area contributed by atoms with Gasteiger partial charge in [-0.2, -0.15) is 0 Å². The zero-order valence-corrected chi connectivity index (χ0v) is 12.6. The van der Waals surface area contributed by atoms with Crippen molar-refractivity contribution in [3.63, 3.8) is 0 Å². The van der Waals surface area contributed by atoms with Crippen LogP contribution in [-0.4, -0.2) is 5.78 Å². The maximum atomic E-state index is 11.8. The molecule has 0 aliphatic heterocycles. The Bertz CT molecular complexity index is 564. The lowest BCUT2D eigenvalue weighted by Gasteiger charge is -2.55. The Labute approximate surface area is 121 Å². The number of hydrogen-bond acceptors (Lipinski definition) is 1. The van der Waals surface area contributed by atoms with Crippen molar-refractivity contribution in [1.29, 1.82) is 0 Å². The van der Waals surface area contributed by atoms with E-state index in [4.69, 9.17) is 0 Å². The number of rotatable bonds is 0. The van der Waals surface area contributed by atoms with Gasteiger partial charge in [-0.1, -0.05) is 43.2 Å². The number of allylic oxidation sites excluding steroid dienone is 6. The third-order valence-electron chi connectivity index (χ3n) is 6.76. The zero-order chi connectivity index (χ0) is 14.0. The highest BCUT2D eigenvalue weighted by atomic mass is 16.1. The maximum absolute atomic E-state index is 11.8. The van der Waals surface area contributed by atoms with E-state index in [2.05, 4.69) is 32.1 Å². The van der Waals surface area contributed by atoms with Crippen molar-refractivity contribution in [3.05, 3.63) is 35.5 Å². The Kier molecular flexibility index (Phi) is 2.50. The Balaban J connectivity index is 1.74. The van der Waals surface area contributed by atoms with Gasteiger partial charge in [-0.15, -0.1) is 0 Å². The molecule has 2 fully saturated rings. The highest BCUT2D eigenvalue weighted by molar-refractivity contribution is 5.91. The summed E-state index contributed by atoms with van der Waals surface area (Å²) in [6.07, 6.45) is 15.9. The maximum Gasteiger partial charge on any atom is 0.155 e. The molecule has 4 aliphatic rings. The van der Waals surface area contributed by atoms with Crippen LogP contribution >= 0.6 is 0 Å². The molecular weight excluding hydrogens is 244 g/mol. The summed E-state index contributed by atoms with van der Waals surface area (Å²) in [5, 5.41) is 0. The predicted octanol–water partition coefficient (Wildman–Crippen LogP) is 4.60. The number of ketones is 1. The summed E-state index contributed by atoms with van der Waals surface area (Å²) in [5.74, 6) is 1.87. The molecule has 1 heteroatoms. The molecule has 0 spiro atoms. The first-order valence-electron chi connectivity index (χ1n) is 8.17. The Hall–Kier alpha value is -1.11. The molecule has 0 saturated heterocycles. The van der Waals surface area contributed by atoms with Gasteiger partial charge in [-0.3, -0.25) is 4.79 Å². The monoisotopic (exact) mass is 268 g/mol. The Morgan fingerprint density at radius 2 is 2.00 bits per heavy atom. The summed E-state index contributed by atoms with van der Waals surface area (Å²) in [6.45, 7) is 4.85. The lowest BCUT2D eigenvalue weighted by atomic mass is 9.49. The molecule has 0 bridgehead atoms. The number of hydrogen-bond donors (Lipinski definition) is 0. The highest BCUT2D eigenvalue weighted by Gasteiger charge is 2.52. The third kappa shape index (κ3) is 1.52. The normalized spacial score (nSPS) is 46.2. The summed E-state index contributed by atoms with van der Waals surface area (Å²) in [4.78, 5) is 11.8. The van der Waals surface area contributed by atoms with Gasteiger partial charge >= 0.3 is 0 Å². The van der Waals surface area contributed by atoms with Crippen LogP contribution in [0.25, 0.3) is 0 Å². The second-order valence-corrected chi connectivity index (χ2v) is 7.74. The average Bonchev–Trinajstić information content (AvgIpc) is 2.81. The van der Waals surface area contributed by atoms with Gasteiger partial charge in [-0.25, -0.2) is 0 Å². The van der Waals surface area contributed by atoms with Gasteiger partial charge in [0.05, 0.1) is 0 Å². The van der Waals surface area contributed by atoms with E-state index >= 15 is 0 Å².